The van der Waals surface area contributed by atoms with E-state index in [2.05, 4.69) is 22.3 Å². The Balaban J connectivity index is 1.44. The van der Waals surface area contributed by atoms with Gasteiger partial charge in [0.15, 0.2) is 0 Å². The van der Waals surface area contributed by atoms with Crippen LogP contribution in [0.4, 0.5) is 5.69 Å². The minimum Gasteiger partial charge on any atom is -0.353 e. The van der Waals surface area contributed by atoms with Gasteiger partial charge < -0.3 is 10.6 Å². The van der Waals surface area contributed by atoms with Crippen LogP contribution in [-0.4, -0.2) is 32.8 Å². The Morgan fingerprint density at radius 1 is 0.968 bits per heavy atom. The van der Waals surface area contributed by atoms with E-state index in [4.69, 9.17) is 0 Å². The molecule has 7 nitrogen and oxygen atoms in total. The van der Waals surface area contributed by atoms with Crippen molar-refractivity contribution in [1.29, 1.82) is 0 Å². The van der Waals surface area contributed by atoms with Crippen molar-refractivity contribution in [2.45, 2.75) is 76.2 Å². The van der Waals surface area contributed by atoms with Gasteiger partial charge in [-0.3, -0.25) is 9.59 Å². The highest BCUT2D eigenvalue weighted by Gasteiger charge is 2.30. The van der Waals surface area contributed by atoms with Crippen molar-refractivity contribution < 1.29 is 18.0 Å². The number of sulfonamides is 1. The van der Waals surface area contributed by atoms with Crippen LogP contribution in [0.5, 0.6) is 0 Å². The van der Waals surface area contributed by atoms with E-state index in [0.717, 1.165) is 32.1 Å². The molecule has 0 bridgehead atoms. The van der Waals surface area contributed by atoms with E-state index in [1.807, 2.05) is 0 Å². The Kier molecular flexibility index (Phi) is 8.11. The first kappa shape index (κ1) is 23.7. The number of benzene rings is 1. The van der Waals surface area contributed by atoms with E-state index in [1.165, 1.54) is 38.3 Å². The number of nitrogens with one attached hydrogen (secondary N) is 3. The highest BCUT2D eigenvalue weighted by atomic mass is 32.2. The van der Waals surface area contributed by atoms with Crippen LogP contribution in [0.2, 0.25) is 0 Å². The number of hydrogen-bond acceptors (Lipinski definition) is 4. The van der Waals surface area contributed by atoms with E-state index < -0.39 is 10.0 Å². The summed E-state index contributed by atoms with van der Waals surface area (Å²) in [7, 11) is -3.60. The molecule has 0 heterocycles. The Hall–Kier alpha value is -1.93. The van der Waals surface area contributed by atoms with Crippen molar-refractivity contribution in [1.82, 2.24) is 10.0 Å². The second kappa shape index (κ2) is 10.6. The molecule has 1 aromatic carbocycles. The fourth-order valence-electron chi connectivity index (χ4n) is 4.69. The topological polar surface area (TPSA) is 104 Å². The monoisotopic (exact) mass is 449 g/mol. The van der Waals surface area contributed by atoms with Crippen LogP contribution in [0.25, 0.3) is 0 Å². The average Bonchev–Trinajstić information content (AvgIpc) is 2.74. The second-order valence-electron chi connectivity index (χ2n) is 9.15. The molecule has 0 aromatic heterocycles. The van der Waals surface area contributed by atoms with Crippen molar-refractivity contribution in [3.63, 3.8) is 0 Å². The van der Waals surface area contributed by atoms with Crippen LogP contribution in [0, 0.1) is 17.8 Å². The van der Waals surface area contributed by atoms with Gasteiger partial charge in [0.05, 0.1) is 4.90 Å². The summed E-state index contributed by atoms with van der Waals surface area (Å²) < 4.78 is 27.8. The van der Waals surface area contributed by atoms with Crippen molar-refractivity contribution in [2.24, 2.45) is 17.8 Å². The molecule has 0 aliphatic heterocycles. The summed E-state index contributed by atoms with van der Waals surface area (Å²) in [6, 6.07) is 6.44. The molecule has 8 heteroatoms. The molecule has 31 heavy (non-hydrogen) atoms. The molecule has 2 amide bonds. The molecule has 1 aromatic rings. The van der Waals surface area contributed by atoms with Gasteiger partial charge in [0.25, 0.3) is 0 Å². The van der Waals surface area contributed by atoms with Gasteiger partial charge in [-0.2, -0.15) is 0 Å². The maximum Gasteiger partial charge on any atom is 0.240 e. The van der Waals surface area contributed by atoms with Gasteiger partial charge in [0.2, 0.25) is 21.8 Å². The van der Waals surface area contributed by atoms with Crippen molar-refractivity contribution in [3.05, 3.63) is 24.3 Å². The third-order valence-corrected chi connectivity index (χ3v) is 8.14. The van der Waals surface area contributed by atoms with Crippen molar-refractivity contribution in [3.8, 4) is 0 Å². The largest absolute Gasteiger partial charge is 0.353 e. The van der Waals surface area contributed by atoms with E-state index >= 15 is 0 Å². The smallest absolute Gasteiger partial charge is 0.240 e. The normalized spacial score (nSPS) is 26.8. The average molecular weight is 450 g/mol. The minimum atomic E-state index is -3.60. The van der Waals surface area contributed by atoms with Crippen LogP contribution in [-0.2, 0) is 19.6 Å². The van der Waals surface area contributed by atoms with Gasteiger partial charge in [0, 0.05) is 31.1 Å². The molecule has 0 radical (unpaired) electrons. The van der Waals surface area contributed by atoms with E-state index in [1.54, 1.807) is 12.1 Å². The van der Waals surface area contributed by atoms with Crippen LogP contribution >= 0.6 is 0 Å². The van der Waals surface area contributed by atoms with Gasteiger partial charge in [-0.1, -0.05) is 19.8 Å². The molecular weight excluding hydrogens is 414 g/mol. The molecule has 2 fully saturated rings. The molecule has 3 N–H and O–H groups in total. The number of carbonyl (C=O) groups excluding carboxylic acids is 2. The standard InChI is InChI=1S/C23H35N3O4S/c1-16-5-3-4-6-22(16)26-23(28)19-9-7-18(8-10-19)15-24-31(29,30)21-13-11-20(12-14-21)25-17(2)27/h11-14,16,18-19,22,24H,3-10,15H2,1-2H3,(H,25,27)(H,26,28)/t16-,18?,19?,22+/m1/s1. The first-order chi connectivity index (χ1) is 14.7. The van der Waals surface area contributed by atoms with Crippen LogP contribution < -0.4 is 15.4 Å². The first-order valence-corrected chi connectivity index (χ1v) is 12.9. The number of hydrogen-bond donors (Lipinski definition) is 3. The Labute approximate surface area is 185 Å². The fourth-order valence-corrected chi connectivity index (χ4v) is 5.81. The zero-order valence-corrected chi connectivity index (χ0v) is 19.3. The highest BCUT2D eigenvalue weighted by molar-refractivity contribution is 7.89. The van der Waals surface area contributed by atoms with Crippen molar-refractivity contribution in [2.75, 3.05) is 11.9 Å². The maximum atomic E-state index is 12.7. The summed E-state index contributed by atoms with van der Waals surface area (Å²) in [6.45, 7) is 4.01. The van der Waals surface area contributed by atoms with E-state index in [0.29, 0.717) is 24.2 Å². The molecule has 0 spiro atoms. The van der Waals surface area contributed by atoms with Gasteiger partial charge in [0.1, 0.15) is 0 Å². The summed E-state index contributed by atoms with van der Waals surface area (Å²) in [6.07, 6.45) is 8.04. The molecule has 2 saturated carbocycles. The molecule has 0 unspecified atom stereocenters. The zero-order chi connectivity index (χ0) is 22.4. The molecule has 2 aliphatic carbocycles. The molecule has 172 valence electrons. The molecule has 0 saturated heterocycles. The van der Waals surface area contributed by atoms with Gasteiger partial charge in [-0.25, -0.2) is 13.1 Å². The zero-order valence-electron chi connectivity index (χ0n) is 18.5. The summed E-state index contributed by atoms with van der Waals surface area (Å²) in [4.78, 5) is 23.9. The van der Waals surface area contributed by atoms with Crippen LogP contribution in [0.1, 0.15) is 65.2 Å². The van der Waals surface area contributed by atoms with Crippen LogP contribution in [0.15, 0.2) is 29.2 Å². The predicted molar refractivity (Wildman–Crippen MR) is 121 cm³/mol. The molecule has 2 aliphatic rings. The summed E-state index contributed by atoms with van der Waals surface area (Å²) in [5.74, 6) is 0.813. The lowest BCUT2D eigenvalue weighted by Crippen LogP contribution is -2.44. The number of amides is 2. The number of carbonyl (C=O) groups is 2. The quantitative estimate of drug-likeness (QED) is 0.593. The van der Waals surface area contributed by atoms with E-state index in [-0.39, 0.29) is 28.5 Å². The van der Waals surface area contributed by atoms with Crippen LogP contribution in [0.3, 0.4) is 0 Å². The second-order valence-corrected chi connectivity index (χ2v) is 10.9. The van der Waals surface area contributed by atoms with Gasteiger partial charge in [-0.05, 0) is 74.6 Å². The lowest BCUT2D eigenvalue weighted by Gasteiger charge is -2.33. The molecular formula is C23H35N3O4S. The number of anilines is 1. The maximum absolute atomic E-state index is 12.7. The summed E-state index contributed by atoms with van der Waals surface area (Å²) in [5, 5.41) is 5.89. The van der Waals surface area contributed by atoms with E-state index in [9.17, 15) is 18.0 Å². The fraction of sp³-hybridized carbons (Fsp3) is 0.652. The number of rotatable bonds is 7. The summed E-state index contributed by atoms with van der Waals surface area (Å²) in [5.41, 5.74) is 0.561. The predicted octanol–water partition coefficient (Wildman–Crippen LogP) is 3.42. The molecule has 3 rings (SSSR count). The Morgan fingerprint density at radius 2 is 1.61 bits per heavy atom. The molecule has 2 atom stereocenters. The Morgan fingerprint density at radius 3 is 2.23 bits per heavy atom. The minimum absolute atomic E-state index is 0.0447. The van der Waals surface area contributed by atoms with Crippen molar-refractivity contribution >= 4 is 27.5 Å². The summed E-state index contributed by atoms with van der Waals surface area (Å²) >= 11 is 0. The lowest BCUT2D eigenvalue weighted by molar-refractivity contribution is -0.127. The Bertz CT molecular complexity index is 861. The first-order valence-electron chi connectivity index (χ1n) is 11.4. The third kappa shape index (κ3) is 6.77. The third-order valence-electron chi connectivity index (χ3n) is 6.70. The SMILES string of the molecule is CC(=O)Nc1ccc(S(=O)(=O)NCC2CCC(C(=O)N[C@H]3CCCC[C@H]3C)CC2)cc1. The lowest BCUT2D eigenvalue weighted by atomic mass is 9.80. The highest BCUT2D eigenvalue weighted by Crippen LogP contribution is 2.30. The van der Waals surface area contributed by atoms with Gasteiger partial charge >= 0.3 is 0 Å². The van der Waals surface area contributed by atoms with Gasteiger partial charge in [-0.15, -0.1) is 0 Å².